The summed E-state index contributed by atoms with van der Waals surface area (Å²) in [6, 6.07) is 0. The number of thiazole rings is 1. The topological polar surface area (TPSA) is 63.9 Å². The quantitative estimate of drug-likeness (QED) is 0.837. The highest BCUT2D eigenvalue weighted by molar-refractivity contribution is 7.11. The molecular weight excluding hydrogens is 322 g/mol. The number of aromatic nitrogens is 4. The van der Waals surface area contributed by atoms with Crippen molar-refractivity contribution in [1.82, 2.24) is 24.6 Å². The molecule has 0 radical (unpaired) electrons. The van der Waals surface area contributed by atoms with Crippen LogP contribution in [-0.2, 0) is 5.54 Å². The van der Waals surface area contributed by atoms with Gasteiger partial charge in [0.05, 0.1) is 16.2 Å². The van der Waals surface area contributed by atoms with Gasteiger partial charge in [-0.25, -0.2) is 14.6 Å². The number of carbonyl (C=O) groups is 1. The van der Waals surface area contributed by atoms with Gasteiger partial charge in [-0.05, 0) is 47.5 Å². The highest BCUT2D eigenvalue weighted by atomic mass is 32.1. The van der Waals surface area contributed by atoms with Gasteiger partial charge >= 0.3 is 0 Å². The summed E-state index contributed by atoms with van der Waals surface area (Å²) < 4.78 is 1.75. The second-order valence-electron chi connectivity index (χ2n) is 7.47. The second-order valence-corrected chi connectivity index (χ2v) is 8.70. The van der Waals surface area contributed by atoms with E-state index in [1.165, 1.54) is 4.88 Å². The zero-order valence-corrected chi connectivity index (χ0v) is 15.9. The average Bonchev–Trinajstić information content (AvgIpc) is 3.14. The molecule has 0 bridgehead atoms. The first-order chi connectivity index (χ1) is 11.3. The Morgan fingerprint density at radius 2 is 2.08 bits per heavy atom. The Bertz CT molecular complexity index is 723. The summed E-state index contributed by atoms with van der Waals surface area (Å²) in [7, 11) is 0. The van der Waals surface area contributed by atoms with E-state index in [9.17, 15) is 4.79 Å². The zero-order chi connectivity index (χ0) is 17.5. The molecule has 1 amide bonds. The van der Waals surface area contributed by atoms with Crippen LogP contribution in [-0.4, -0.2) is 43.6 Å². The smallest absolute Gasteiger partial charge is 0.293 e. The van der Waals surface area contributed by atoms with Crippen LogP contribution in [0.15, 0.2) is 6.33 Å². The minimum atomic E-state index is -0.175. The Hall–Kier alpha value is -1.76. The van der Waals surface area contributed by atoms with E-state index in [1.54, 1.807) is 22.3 Å². The van der Waals surface area contributed by atoms with Crippen molar-refractivity contribution in [2.24, 2.45) is 0 Å². The van der Waals surface area contributed by atoms with E-state index < -0.39 is 0 Å². The lowest BCUT2D eigenvalue weighted by Gasteiger charge is -2.31. The molecule has 2 aromatic heterocycles. The molecule has 1 saturated heterocycles. The summed E-state index contributed by atoms with van der Waals surface area (Å²) in [5, 5.41) is 5.52. The van der Waals surface area contributed by atoms with Crippen molar-refractivity contribution in [3.63, 3.8) is 0 Å². The first kappa shape index (κ1) is 17.1. The van der Waals surface area contributed by atoms with Gasteiger partial charge in [-0.3, -0.25) is 4.79 Å². The number of hydrogen-bond acceptors (Lipinski definition) is 5. The predicted octanol–water partition coefficient (Wildman–Crippen LogP) is 3.13. The Morgan fingerprint density at radius 1 is 1.33 bits per heavy atom. The van der Waals surface area contributed by atoms with Gasteiger partial charge in [0.2, 0.25) is 5.82 Å². The van der Waals surface area contributed by atoms with Gasteiger partial charge in [-0.15, -0.1) is 16.4 Å². The maximum absolute atomic E-state index is 12.8. The SMILES string of the molecule is Cc1nc(C2CCCN(C(=O)c3ncn(C(C)(C)C)n3)C2)sc1C. The molecule has 1 unspecified atom stereocenters. The molecule has 6 nitrogen and oxygen atoms in total. The summed E-state index contributed by atoms with van der Waals surface area (Å²) in [4.78, 5) is 24.8. The molecule has 0 aliphatic carbocycles. The number of aryl methyl sites for hydroxylation is 2. The standard InChI is InChI=1S/C17H25N5OS/c1-11-12(2)24-15(19-11)13-7-6-8-21(9-13)16(23)14-18-10-22(20-14)17(3,4)5/h10,13H,6-9H2,1-5H3. The molecule has 1 aliphatic heterocycles. The fraction of sp³-hybridized carbons (Fsp3) is 0.647. The average molecular weight is 347 g/mol. The number of nitrogens with zero attached hydrogens (tertiary/aromatic N) is 5. The number of rotatable bonds is 2. The second kappa shape index (κ2) is 6.27. The molecular formula is C17H25N5OS. The van der Waals surface area contributed by atoms with Crippen LogP contribution < -0.4 is 0 Å². The van der Waals surface area contributed by atoms with Gasteiger partial charge in [0, 0.05) is 23.9 Å². The van der Waals surface area contributed by atoms with Gasteiger partial charge in [0.15, 0.2) is 0 Å². The van der Waals surface area contributed by atoms with Crippen LogP contribution >= 0.6 is 11.3 Å². The van der Waals surface area contributed by atoms with Crippen molar-refractivity contribution in [2.45, 2.75) is 58.9 Å². The minimum Gasteiger partial charge on any atom is -0.335 e. The summed E-state index contributed by atoms with van der Waals surface area (Å²) in [5.41, 5.74) is 0.926. The van der Waals surface area contributed by atoms with E-state index in [4.69, 9.17) is 0 Å². The number of amides is 1. The van der Waals surface area contributed by atoms with Crippen LogP contribution in [0.5, 0.6) is 0 Å². The van der Waals surface area contributed by atoms with E-state index in [0.717, 1.165) is 30.1 Å². The van der Waals surface area contributed by atoms with Gasteiger partial charge in [0.1, 0.15) is 6.33 Å². The largest absolute Gasteiger partial charge is 0.335 e. The lowest BCUT2D eigenvalue weighted by molar-refractivity contribution is 0.0693. The molecule has 24 heavy (non-hydrogen) atoms. The lowest BCUT2D eigenvalue weighted by Crippen LogP contribution is -2.39. The highest BCUT2D eigenvalue weighted by Gasteiger charge is 2.29. The minimum absolute atomic E-state index is 0.0762. The van der Waals surface area contributed by atoms with E-state index in [-0.39, 0.29) is 17.3 Å². The molecule has 0 spiro atoms. The molecule has 0 aromatic carbocycles. The molecule has 1 fully saturated rings. The third-order valence-electron chi connectivity index (χ3n) is 4.47. The Kier molecular flexibility index (Phi) is 4.46. The first-order valence-electron chi connectivity index (χ1n) is 8.41. The maximum Gasteiger partial charge on any atom is 0.293 e. The summed E-state index contributed by atoms with van der Waals surface area (Å²) >= 11 is 1.75. The van der Waals surface area contributed by atoms with Crippen LogP contribution in [0.4, 0.5) is 0 Å². The zero-order valence-electron chi connectivity index (χ0n) is 15.0. The molecule has 130 valence electrons. The van der Waals surface area contributed by atoms with E-state index >= 15 is 0 Å². The third-order valence-corrected chi connectivity index (χ3v) is 5.71. The maximum atomic E-state index is 12.8. The Labute approximate surface area is 146 Å². The van der Waals surface area contributed by atoms with E-state index in [0.29, 0.717) is 12.5 Å². The van der Waals surface area contributed by atoms with Gasteiger partial charge < -0.3 is 4.90 Å². The van der Waals surface area contributed by atoms with Gasteiger partial charge in [-0.2, -0.15) is 0 Å². The monoisotopic (exact) mass is 347 g/mol. The van der Waals surface area contributed by atoms with Crippen molar-refractivity contribution >= 4 is 17.2 Å². The van der Waals surface area contributed by atoms with Crippen LogP contribution in [0.3, 0.4) is 0 Å². The van der Waals surface area contributed by atoms with Crippen molar-refractivity contribution in [1.29, 1.82) is 0 Å². The van der Waals surface area contributed by atoms with Crippen LogP contribution in [0.25, 0.3) is 0 Å². The van der Waals surface area contributed by atoms with Crippen molar-refractivity contribution in [3.05, 3.63) is 27.7 Å². The molecule has 7 heteroatoms. The molecule has 2 aromatic rings. The predicted molar refractivity (Wildman–Crippen MR) is 94.5 cm³/mol. The molecule has 1 atom stereocenters. The van der Waals surface area contributed by atoms with Gasteiger partial charge in [-0.1, -0.05) is 0 Å². The molecule has 0 N–H and O–H groups in total. The summed E-state index contributed by atoms with van der Waals surface area (Å²) in [5.74, 6) is 0.537. The summed E-state index contributed by atoms with van der Waals surface area (Å²) in [6.45, 7) is 11.7. The van der Waals surface area contributed by atoms with Crippen LogP contribution in [0.2, 0.25) is 0 Å². The number of likely N-dealkylation sites (tertiary alicyclic amines) is 1. The molecule has 0 saturated carbocycles. The first-order valence-corrected chi connectivity index (χ1v) is 9.22. The number of hydrogen-bond donors (Lipinski definition) is 0. The van der Waals surface area contributed by atoms with Crippen molar-refractivity contribution in [3.8, 4) is 0 Å². The van der Waals surface area contributed by atoms with Crippen molar-refractivity contribution in [2.75, 3.05) is 13.1 Å². The number of piperidine rings is 1. The third kappa shape index (κ3) is 3.36. The summed E-state index contributed by atoms with van der Waals surface area (Å²) in [6.07, 6.45) is 3.72. The van der Waals surface area contributed by atoms with E-state index in [1.807, 2.05) is 32.6 Å². The van der Waals surface area contributed by atoms with Gasteiger partial charge in [0.25, 0.3) is 5.91 Å². The highest BCUT2D eigenvalue weighted by Crippen LogP contribution is 2.31. The van der Waals surface area contributed by atoms with E-state index in [2.05, 4.69) is 22.0 Å². The molecule has 3 rings (SSSR count). The van der Waals surface area contributed by atoms with Crippen molar-refractivity contribution < 1.29 is 4.79 Å². The molecule has 3 heterocycles. The van der Waals surface area contributed by atoms with Crippen LogP contribution in [0.1, 0.15) is 65.7 Å². The normalized spacial score (nSPS) is 18.9. The fourth-order valence-electron chi connectivity index (χ4n) is 2.86. The number of carbonyl (C=O) groups excluding carboxylic acids is 1. The lowest BCUT2D eigenvalue weighted by atomic mass is 9.98. The van der Waals surface area contributed by atoms with Crippen LogP contribution in [0, 0.1) is 13.8 Å². The fourth-order valence-corrected chi connectivity index (χ4v) is 3.91. The Morgan fingerprint density at radius 3 is 2.67 bits per heavy atom. The Balaban J connectivity index is 1.74. The molecule has 1 aliphatic rings.